The van der Waals surface area contributed by atoms with E-state index in [1.54, 1.807) is 43.3 Å². The van der Waals surface area contributed by atoms with Gasteiger partial charge in [0.25, 0.3) is 11.6 Å². The van der Waals surface area contributed by atoms with Crippen LogP contribution in [0.2, 0.25) is 5.02 Å². The molecule has 3 rings (SSSR count). The highest BCUT2D eigenvalue weighted by Crippen LogP contribution is 2.33. The Bertz CT molecular complexity index is 1030. The van der Waals surface area contributed by atoms with E-state index in [9.17, 15) is 14.9 Å². The van der Waals surface area contributed by atoms with Crippen LogP contribution in [0.15, 0.2) is 58.2 Å². The van der Waals surface area contributed by atoms with E-state index in [0.29, 0.717) is 37.1 Å². The van der Waals surface area contributed by atoms with Gasteiger partial charge in [-0.15, -0.1) is 0 Å². The molecule has 7 nitrogen and oxygen atoms in total. The Hall–Kier alpha value is -2.49. The second-order valence-corrected chi connectivity index (χ2v) is 7.70. The van der Waals surface area contributed by atoms with Crippen molar-refractivity contribution in [2.75, 3.05) is 5.32 Å². The number of nitrogens with zero attached hydrogens (tertiary/aromatic N) is 1. The molecule has 10 heteroatoms. The molecule has 3 N–H and O–H groups in total. The summed E-state index contributed by atoms with van der Waals surface area (Å²) in [5, 5.41) is 20.8. The van der Waals surface area contributed by atoms with Crippen molar-refractivity contribution in [3.05, 3.63) is 78.9 Å². The number of thiocarbonyl (C=S) groups is 1. The van der Waals surface area contributed by atoms with E-state index in [1.807, 2.05) is 0 Å². The molecule has 2 aromatic carbocycles. The van der Waals surface area contributed by atoms with Gasteiger partial charge < -0.3 is 16.0 Å². The highest BCUT2D eigenvalue weighted by atomic mass is 79.9. The van der Waals surface area contributed by atoms with Crippen LogP contribution in [-0.4, -0.2) is 15.9 Å². The number of nitro groups is 1. The van der Waals surface area contributed by atoms with Crippen molar-refractivity contribution < 1.29 is 9.72 Å². The van der Waals surface area contributed by atoms with E-state index < -0.39 is 11.0 Å². The number of halogens is 2. The van der Waals surface area contributed by atoms with Gasteiger partial charge in [-0.3, -0.25) is 14.9 Å². The molecule has 0 bridgehead atoms. The number of hydrogen-bond acceptors (Lipinski definition) is 4. The standard InChI is InChI=1S/C18H14BrClN4O3S/c1-9-15(17(25)22-12-4-2-3-11(20)8-12)16(23-18(28)21-9)10-5-6-13(19)14(7-10)24(26)27/h2-8,16H,1H3,(H,22,25)(H2,21,23,28). The summed E-state index contributed by atoms with van der Waals surface area (Å²) in [6.07, 6.45) is 0. The molecule has 0 saturated heterocycles. The zero-order chi connectivity index (χ0) is 20.4. The van der Waals surface area contributed by atoms with E-state index in [-0.39, 0.29) is 11.6 Å². The van der Waals surface area contributed by atoms with Crippen LogP contribution in [0, 0.1) is 10.1 Å². The number of carbonyl (C=O) groups excluding carboxylic acids is 1. The molecule has 144 valence electrons. The first kappa shape index (κ1) is 20.2. The molecular formula is C18H14BrClN4O3S. The maximum Gasteiger partial charge on any atom is 0.283 e. The number of anilines is 1. The third-order valence-corrected chi connectivity index (χ3v) is 5.22. The van der Waals surface area contributed by atoms with Crippen LogP contribution < -0.4 is 16.0 Å². The number of allylic oxidation sites excluding steroid dienone is 1. The average molecular weight is 482 g/mol. The number of benzene rings is 2. The molecule has 1 aliphatic rings. The molecule has 1 atom stereocenters. The molecule has 1 unspecified atom stereocenters. The second kappa shape index (κ2) is 8.26. The van der Waals surface area contributed by atoms with Gasteiger partial charge in [-0.1, -0.05) is 23.7 Å². The minimum atomic E-state index is -0.653. The fourth-order valence-corrected chi connectivity index (χ4v) is 3.71. The largest absolute Gasteiger partial charge is 0.351 e. The molecule has 1 aliphatic heterocycles. The molecule has 0 aliphatic carbocycles. The van der Waals surface area contributed by atoms with Gasteiger partial charge in [0.1, 0.15) is 0 Å². The number of hydrogen-bond donors (Lipinski definition) is 3. The zero-order valence-electron chi connectivity index (χ0n) is 14.5. The van der Waals surface area contributed by atoms with Crippen molar-refractivity contribution in [1.82, 2.24) is 10.6 Å². The summed E-state index contributed by atoms with van der Waals surface area (Å²) in [5.74, 6) is -0.377. The maximum atomic E-state index is 13.0. The number of nitrogens with one attached hydrogen (secondary N) is 3. The van der Waals surface area contributed by atoms with Crippen LogP contribution in [0.1, 0.15) is 18.5 Å². The first-order valence-corrected chi connectivity index (χ1v) is 9.63. The Morgan fingerprint density at radius 1 is 1.32 bits per heavy atom. The SMILES string of the molecule is CC1=C(C(=O)Nc2cccc(Cl)c2)C(c2ccc(Br)c([N+](=O)[O-])c2)NC(=S)N1. The van der Waals surface area contributed by atoms with Crippen LogP contribution in [0.25, 0.3) is 0 Å². The monoisotopic (exact) mass is 480 g/mol. The quantitative estimate of drug-likeness (QED) is 0.339. The summed E-state index contributed by atoms with van der Waals surface area (Å²) in [4.78, 5) is 23.8. The van der Waals surface area contributed by atoms with Crippen molar-refractivity contribution in [2.24, 2.45) is 0 Å². The highest BCUT2D eigenvalue weighted by Gasteiger charge is 2.31. The molecule has 1 amide bonds. The predicted octanol–water partition coefficient (Wildman–Crippen LogP) is 4.44. The summed E-state index contributed by atoms with van der Waals surface area (Å²) in [6, 6.07) is 10.8. The van der Waals surface area contributed by atoms with Gasteiger partial charge in [-0.05, 0) is 64.9 Å². The van der Waals surface area contributed by atoms with Gasteiger partial charge in [0.2, 0.25) is 0 Å². The molecule has 1 heterocycles. The normalized spacial score (nSPS) is 16.2. The molecule has 0 spiro atoms. The maximum absolute atomic E-state index is 13.0. The molecule has 0 saturated carbocycles. The molecule has 0 aromatic heterocycles. The fraction of sp³-hybridized carbons (Fsp3) is 0.111. The Balaban J connectivity index is 2.00. The number of rotatable bonds is 4. The van der Waals surface area contributed by atoms with Gasteiger partial charge in [-0.2, -0.15) is 0 Å². The molecule has 0 fully saturated rings. The lowest BCUT2D eigenvalue weighted by molar-refractivity contribution is -0.385. The lowest BCUT2D eigenvalue weighted by Gasteiger charge is -2.30. The minimum absolute atomic E-state index is 0.101. The first-order chi connectivity index (χ1) is 13.3. The van der Waals surface area contributed by atoms with E-state index in [1.165, 1.54) is 6.07 Å². The van der Waals surface area contributed by atoms with Crippen LogP contribution in [-0.2, 0) is 4.79 Å². The van der Waals surface area contributed by atoms with E-state index >= 15 is 0 Å². The Morgan fingerprint density at radius 2 is 2.07 bits per heavy atom. The summed E-state index contributed by atoms with van der Waals surface area (Å²) in [5.41, 5.74) is 1.89. The van der Waals surface area contributed by atoms with E-state index in [0.717, 1.165) is 0 Å². The first-order valence-electron chi connectivity index (χ1n) is 8.05. The number of nitro benzene ring substituents is 1. The molecule has 2 aromatic rings. The van der Waals surface area contributed by atoms with Crippen molar-refractivity contribution in [3.63, 3.8) is 0 Å². The zero-order valence-corrected chi connectivity index (χ0v) is 17.6. The topological polar surface area (TPSA) is 96.3 Å². The predicted molar refractivity (Wildman–Crippen MR) is 115 cm³/mol. The molecule has 28 heavy (non-hydrogen) atoms. The van der Waals surface area contributed by atoms with Crippen LogP contribution >= 0.6 is 39.7 Å². The second-order valence-electron chi connectivity index (χ2n) is 6.00. The van der Waals surface area contributed by atoms with Crippen LogP contribution in [0.5, 0.6) is 0 Å². The summed E-state index contributed by atoms with van der Waals surface area (Å²) < 4.78 is 0.350. The minimum Gasteiger partial charge on any atom is -0.351 e. The number of carbonyl (C=O) groups is 1. The fourth-order valence-electron chi connectivity index (χ4n) is 2.86. The van der Waals surface area contributed by atoms with Crippen LogP contribution in [0.3, 0.4) is 0 Å². The van der Waals surface area contributed by atoms with Crippen molar-refractivity contribution >= 4 is 62.1 Å². The Morgan fingerprint density at radius 3 is 2.75 bits per heavy atom. The Labute approximate surface area is 179 Å². The lowest BCUT2D eigenvalue weighted by Crippen LogP contribution is -2.45. The highest BCUT2D eigenvalue weighted by molar-refractivity contribution is 9.10. The Kier molecular flexibility index (Phi) is 5.97. The van der Waals surface area contributed by atoms with Gasteiger partial charge >= 0.3 is 0 Å². The average Bonchev–Trinajstić information content (AvgIpc) is 2.61. The summed E-state index contributed by atoms with van der Waals surface area (Å²) in [7, 11) is 0. The van der Waals surface area contributed by atoms with Gasteiger partial charge in [-0.25, -0.2) is 0 Å². The van der Waals surface area contributed by atoms with Crippen LogP contribution in [0.4, 0.5) is 11.4 Å². The number of amides is 1. The third kappa shape index (κ3) is 4.32. The summed E-state index contributed by atoms with van der Waals surface area (Å²) >= 11 is 14.4. The van der Waals surface area contributed by atoms with Gasteiger partial charge in [0.15, 0.2) is 5.11 Å². The van der Waals surface area contributed by atoms with Crippen molar-refractivity contribution in [1.29, 1.82) is 0 Å². The van der Waals surface area contributed by atoms with E-state index in [2.05, 4.69) is 31.9 Å². The van der Waals surface area contributed by atoms with Gasteiger partial charge in [0, 0.05) is 22.5 Å². The van der Waals surface area contributed by atoms with Gasteiger partial charge in [0.05, 0.1) is 21.0 Å². The third-order valence-electron chi connectivity index (χ3n) is 4.10. The lowest BCUT2D eigenvalue weighted by atomic mass is 9.94. The van der Waals surface area contributed by atoms with E-state index in [4.69, 9.17) is 23.8 Å². The smallest absolute Gasteiger partial charge is 0.283 e. The molecule has 0 radical (unpaired) electrons. The van der Waals surface area contributed by atoms with Crippen molar-refractivity contribution in [3.8, 4) is 0 Å². The molecular weight excluding hydrogens is 468 g/mol. The van der Waals surface area contributed by atoms with Crippen molar-refractivity contribution in [2.45, 2.75) is 13.0 Å². The summed E-state index contributed by atoms with van der Waals surface area (Å²) in [6.45, 7) is 1.72.